The summed E-state index contributed by atoms with van der Waals surface area (Å²) in [6.45, 7) is 2.66. The lowest BCUT2D eigenvalue weighted by molar-refractivity contribution is -0.384. The van der Waals surface area contributed by atoms with Gasteiger partial charge in [0.15, 0.2) is 0 Å². The number of nitro groups is 1. The Balaban J connectivity index is 2.12. The van der Waals surface area contributed by atoms with Gasteiger partial charge < -0.3 is 10.6 Å². The molecule has 22 heavy (non-hydrogen) atoms. The number of hydrogen-bond acceptors (Lipinski definition) is 4. The molecule has 0 spiro atoms. The van der Waals surface area contributed by atoms with Crippen LogP contribution in [0.25, 0.3) is 0 Å². The van der Waals surface area contributed by atoms with Crippen molar-refractivity contribution in [1.29, 1.82) is 0 Å². The van der Waals surface area contributed by atoms with Crippen LogP contribution < -0.4 is 5.73 Å². The molecular formula is C15H20BrN3O3. The minimum atomic E-state index is -0.451. The molecule has 7 heteroatoms. The van der Waals surface area contributed by atoms with E-state index in [2.05, 4.69) is 15.9 Å². The van der Waals surface area contributed by atoms with Crippen LogP contribution in [0, 0.1) is 10.1 Å². The van der Waals surface area contributed by atoms with Gasteiger partial charge in [0, 0.05) is 35.2 Å². The Bertz CT molecular complexity index is 577. The van der Waals surface area contributed by atoms with Crippen LogP contribution in [0.3, 0.4) is 0 Å². The fraction of sp³-hybridized carbons (Fsp3) is 0.533. The number of amides is 1. The van der Waals surface area contributed by atoms with Crippen LogP contribution in [0.1, 0.15) is 31.7 Å². The second-order valence-corrected chi connectivity index (χ2v) is 6.57. The summed E-state index contributed by atoms with van der Waals surface area (Å²) in [5.74, 6) is 0.0246. The molecule has 120 valence electrons. The molecule has 0 bridgehead atoms. The molecule has 1 amide bonds. The summed E-state index contributed by atoms with van der Waals surface area (Å²) < 4.78 is 0.587. The number of piperidine rings is 1. The first-order valence-corrected chi connectivity index (χ1v) is 8.17. The van der Waals surface area contributed by atoms with Crippen LogP contribution in [-0.2, 0) is 11.2 Å². The maximum absolute atomic E-state index is 12.6. The SMILES string of the molecule is CC(N)C1CCCCN1C(=O)Cc1ccc([N+](=O)[O-])cc1Br. The second kappa shape index (κ2) is 7.19. The van der Waals surface area contributed by atoms with E-state index in [-0.39, 0.29) is 30.1 Å². The molecule has 1 aliphatic rings. The summed E-state index contributed by atoms with van der Waals surface area (Å²) in [5, 5.41) is 10.7. The molecule has 6 nitrogen and oxygen atoms in total. The monoisotopic (exact) mass is 369 g/mol. The Morgan fingerprint density at radius 1 is 1.55 bits per heavy atom. The molecule has 1 fully saturated rings. The van der Waals surface area contributed by atoms with E-state index in [1.807, 2.05) is 11.8 Å². The molecular weight excluding hydrogens is 350 g/mol. The number of benzene rings is 1. The molecule has 1 saturated heterocycles. The highest BCUT2D eigenvalue weighted by atomic mass is 79.9. The summed E-state index contributed by atoms with van der Waals surface area (Å²) in [7, 11) is 0. The van der Waals surface area contributed by atoms with E-state index >= 15 is 0 Å². The smallest absolute Gasteiger partial charge is 0.270 e. The van der Waals surface area contributed by atoms with Gasteiger partial charge in [0.25, 0.3) is 5.69 Å². The minimum Gasteiger partial charge on any atom is -0.338 e. The van der Waals surface area contributed by atoms with Gasteiger partial charge in [-0.15, -0.1) is 0 Å². The van der Waals surface area contributed by atoms with Crippen molar-refractivity contribution >= 4 is 27.5 Å². The quantitative estimate of drug-likeness (QED) is 0.652. The highest BCUT2D eigenvalue weighted by Gasteiger charge is 2.29. The molecule has 1 aliphatic heterocycles. The normalized spacial score (nSPS) is 19.8. The first kappa shape index (κ1) is 16.9. The zero-order valence-corrected chi connectivity index (χ0v) is 14.1. The third-order valence-corrected chi connectivity index (χ3v) is 4.80. The van der Waals surface area contributed by atoms with Gasteiger partial charge in [-0.2, -0.15) is 0 Å². The number of nitrogens with zero attached hydrogens (tertiary/aromatic N) is 2. The molecule has 2 unspecified atom stereocenters. The summed E-state index contributed by atoms with van der Waals surface area (Å²) in [5.41, 5.74) is 6.76. The number of nitro benzene ring substituents is 1. The molecule has 0 aromatic heterocycles. The number of non-ortho nitro benzene ring substituents is 1. The standard InChI is InChI=1S/C15H20BrN3O3/c1-10(17)14-4-2-3-7-18(14)15(20)8-11-5-6-12(19(21)22)9-13(11)16/h5-6,9-10,14H,2-4,7-8,17H2,1H3. The third kappa shape index (κ3) is 3.84. The average Bonchev–Trinajstić information content (AvgIpc) is 2.48. The van der Waals surface area contributed by atoms with Crippen molar-refractivity contribution in [1.82, 2.24) is 4.90 Å². The molecule has 2 rings (SSSR count). The van der Waals surface area contributed by atoms with Gasteiger partial charge in [-0.3, -0.25) is 14.9 Å². The van der Waals surface area contributed by atoms with E-state index in [0.29, 0.717) is 4.47 Å². The van der Waals surface area contributed by atoms with Crippen LogP contribution in [0.5, 0.6) is 0 Å². The molecule has 0 radical (unpaired) electrons. The van der Waals surface area contributed by atoms with Gasteiger partial charge in [-0.1, -0.05) is 22.0 Å². The lowest BCUT2D eigenvalue weighted by Crippen LogP contribution is -2.52. The predicted octanol–water partition coefficient (Wildman–Crippen LogP) is 2.63. The Morgan fingerprint density at radius 2 is 2.27 bits per heavy atom. The first-order chi connectivity index (χ1) is 10.4. The van der Waals surface area contributed by atoms with E-state index in [9.17, 15) is 14.9 Å². The maximum atomic E-state index is 12.6. The maximum Gasteiger partial charge on any atom is 0.270 e. The number of nitrogens with two attached hydrogens (primary N) is 1. The second-order valence-electron chi connectivity index (χ2n) is 5.72. The average molecular weight is 370 g/mol. The Labute approximate surface area is 137 Å². The van der Waals surface area contributed by atoms with Crippen molar-refractivity contribution in [3.8, 4) is 0 Å². The van der Waals surface area contributed by atoms with Crippen LogP contribution in [0.15, 0.2) is 22.7 Å². The molecule has 2 N–H and O–H groups in total. The van der Waals surface area contributed by atoms with E-state index in [1.54, 1.807) is 6.07 Å². The van der Waals surface area contributed by atoms with Crippen LogP contribution in [0.4, 0.5) is 5.69 Å². The summed E-state index contributed by atoms with van der Waals surface area (Å²) in [6, 6.07) is 4.52. The Kier molecular flexibility index (Phi) is 5.52. The molecule has 0 saturated carbocycles. The lowest BCUT2D eigenvalue weighted by atomic mass is 9.96. The Hall–Kier alpha value is -1.47. The van der Waals surface area contributed by atoms with E-state index < -0.39 is 4.92 Å². The first-order valence-electron chi connectivity index (χ1n) is 7.38. The van der Waals surface area contributed by atoms with Gasteiger partial charge in [0.1, 0.15) is 0 Å². The molecule has 2 atom stereocenters. The van der Waals surface area contributed by atoms with Gasteiger partial charge >= 0.3 is 0 Å². The van der Waals surface area contributed by atoms with E-state index in [1.165, 1.54) is 12.1 Å². The van der Waals surface area contributed by atoms with Crippen molar-refractivity contribution in [2.75, 3.05) is 6.54 Å². The molecule has 0 aliphatic carbocycles. The largest absolute Gasteiger partial charge is 0.338 e. The molecule has 1 heterocycles. The fourth-order valence-electron chi connectivity index (χ4n) is 2.87. The topological polar surface area (TPSA) is 89.5 Å². The zero-order valence-electron chi connectivity index (χ0n) is 12.5. The van der Waals surface area contributed by atoms with Gasteiger partial charge in [-0.25, -0.2) is 0 Å². The summed E-state index contributed by atoms with van der Waals surface area (Å²) >= 11 is 3.31. The lowest BCUT2D eigenvalue weighted by Gasteiger charge is -2.38. The molecule has 1 aromatic carbocycles. The van der Waals surface area contributed by atoms with Crippen LogP contribution >= 0.6 is 15.9 Å². The predicted molar refractivity (Wildman–Crippen MR) is 87.5 cm³/mol. The highest BCUT2D eigenvalue weighted by Crippen LogP contribution is 2.25. The summed E-state index contributed by atoms with van der Waals surface area (Å²) in [6.07, 6.45) is 3.25. The van der Waals surface area contributed by atoms with Crippen molar-refractivity contribution in [2.45, 2.75) is 44.7 Å². The number of likely N-dealkylation sites (tertiary alicyclic amines) is 1. The number of halogens is 1. The zero-order chi connectivity index (χ0) is 16.3. The van der Waals surface area contributed by atoms with Gasteiger partial charge in [0.2, 0.25) is 5.91 Å². The van der Waals surface area contributed by atoms with E-state index in [4.69, 9.17) is 5.73 Å². The van der Waals surface area contributed by atoms with Gasteiger partial charge in [0.05, 0.1) is 11.3 Å². The number of carbonyl (C=O) groups is 1. The molecule has 1 aromatic rings. The number of hydrogen-bond donors (Lipinski definition) is 1. The van der Waals surface area contributed by atoms with Crippen LogP contribution in [-0.4, -0.2) is 34.4 Å². The summed E-state index contributed by atoms with van der Waals surface area (Å²) in [4.78, 5) is 24.7. The van der Waals surface area contributed by atoms with Crippen molar-refractivity contribution in [3.63, 3.8) is 0 Å². The Morgan fingerprint density at radius 3 is 2.86 bits per heavy atom. The minimum absolute atomic E-state index is 0.00880. The van der Waals surface area contributed by atoms with Gasteiger partial charge in [-0.05, 0) is 31.7 Å². The highest BCUT2D eigenvalue weighted by molar-refractivity contribution is 9.10. The van der Waals surface area contributed by atoms with Crippen LogP contribution in [0.2, 0.25) is 0 Å². The van der Waals surface area contributed by atoms with Crippen molar-refractivity contribution in [2.24, 2.45) is 5.73 Å². The number of carbonyl (C=O) groups excluding carboxylic acids is 1. The fourth-order valence-corrected chi connectivity index (χ4v) is 3.38. The van der Waals surface area contributed by atoms with Crippen molar-refractivity contribution < 1.29 is 9.72 Å². The van der Waals surface area contributed by atoms with Crippen molar-refractivity contribution in [3.05, 3.63) is 38.3 Å². The van der Waals surface area contributed by atoms with E-state index in [0.717, 1.165) is 31.4 Å². The number of rotatable bonds is 4. The third-order valence-electron chi connectivity index (χ3n) is 4.07.